The van der Waals surface area contributed by atoms with Gasteiger partial charge < -0.3 is 0 Å². The average Bonchev–Trinajstić information content (AvgIpc) is 2.93. The van der Waals surface area contributed by atoms with E-state index in [1.807, 2.05) is 6.92 Å². The summed E-state index contributed by atoms with van der Waals surface area (Å²) in [5.74, 6) is 0.214. The number of sulfonamides is 1. The molecule has 0 amide bonds. The van der Waals surface area contributed by atoms with Crippen LogP contribution >= 0.6 is 0 Å². The molecule has 1 saturated heterocycles. The molecule has 1 atom stereocenters. The Hall–Kier alpha value is -1.00. The highest BCUT2D eigenvalue weighted by Crippen LogP contribution is 2.21. The summed E-state index contributed by atoms with van der Waals surface area (Å²) in [6, 6.07) is 0. The van der Waals surface area contributed by atoms with Crippen molar-refractivity contribution in [2.24, 2.45) is 5.92 Å². The van der Waals surface area contributed by atoms with E-state index < -0.39 is 19.9 Å². The number of nitrogens with one attached hydrogen (secondary N) is 1. The third kappa shape index (κ3) is 5.36. The van der Waals surface area contributed by atoms with Crippen LogP contribution in [0.1, 0.15) is 18.5 Å². The van der Waals surface area contributed by atoms with Crippen LogP contribution in [0.2, 0.25) is 0 Å². The topological polar surface area (TPSA) is 111 Å². The van der Waals surface area contributed by atoms with E-state index in [2.05, 4.69) is 15.0 Å². The van der Waals surface area contributed by atoms with Gasteiger partial charge in [0.05, 0.1) is 29.5 Å². The number of aryl methyl sites for hydroxylation is 1. The summed E-state index contributed by atoms with van der Waals surface area (Å²) >= 11 is 0. The Bertz CT molecular complexity index is 681. The van der Waals surface area contributed by atoms with E-state index >= 15 is 0 Å². The summed E-state index contributed by atoms with van der Waals surface area (Å²) in [4.78, 5) is 0. The monoisotopic (exact) mass is 336 g/mol. The minimum Gasteiger partial charge on any atom is -0.251 e. The second-order valence-corrected chi connectivity index (χ2v) is 9.55. The van der Waals surface area contributed by atoms with Crippen molar-refractivity contribution in [3.05, 3.63) is 11.9 Å². The molecule has 0 bridgehead atoms. The van der Waals surface area contributed by atoms with Crippen molar-refractivity contribution in [1.29, 1.82) is 0 Å². The smallest absolute Gasteiger partial charge is 0.211 e. The molecule has 1 aromatic heterocycles. The Labute approximate surface area is 124 Å². The Kier molecular flexibility index (Phi) is 4.99. The van der Waals surface area contributed by atoms with Crippen LogP contribution < -0.4 is 4.72 Å². The van der Waals surface area contributed by atoms with Crippen molar-refractivity contribution < 1.29 is 16.8 Å². The van der Waals surface area contributed by atoms with E-state index in [9.17, 15) is 16.8 Å². The fourth-order valence-electron chi connectivity index (χ4n) is 2.31. The normalized spacial score (nSPS) is 21.7. The molecular formula is C11H20N4O4S2. The predicted molar refractivity (Wildman–Crippen MR) is 77.9 cm³/mol. The maximum Gasteiger partial charge on any atom is 0.211 e. The van der Waals surface area contributed by atoms with Gasteiger partial charge in [0.25, 0.3) is 0 Å². The van der Waals surface area contributed by atoms with Gasteiger partial charge >= 0.3 is 0 Å². The second kappa shape index (κ2) is 6.41. The van der Waals surface area contributed by atoms with E-state index in [-0.39, 0.29) is 29.7 Å². The fourth-order valence-corrected chi connectivity index (χ4v) is 5.41. The highest BCUT2D eigenvalue weighted by Gasteiger charge is 2.28. The molecular weight excluding hydrogens is 316 g/mol. The first-order valence-corrected chi connectivity index (χ1v) is 10.3. The first-order chi connectivity index (χ1) is 9.76. The third-order valence-electron chi connectivity index (χ3n) is 3.44. The van der Waals surface area contributed by atoms with Crippen molar-refractivity contribution in [1.82, 2.24) is 19.7 Å². The van der Waals surface area contributed by atoms with Gasteiger partial charge in [-0.2, -0.15) is 0 Å². The number of aromatic nitrogens is 3. The van der Waals surface area contributed by atoms with Gasteiger partial charge in [0, 0.05) is 12.7 Å². The van der Waals surface area contributed by atoms with Crippen LogP contribution in [-0.4, -0.2) is 55.6 Å². The Morgan fingerprint density at radius 1 is 1.48 bits per heavy atom. The van der Waals surface area contributed by atoms with E-state index in [0.717, 1.165) is 5.69 Å². The van der Waals surface area contributed by atoms with Crippen molar-refractivity contribution in [2.75, 3.05) is 23.8 Å². The number of sulfone groups is 1. The zero-order valence-electron chi connectivity index (χ0n) is 11.9. The Morgan fingerprint density at radius 2 is 2.24 bits per heavy atom. The summed E-state index contributed by atoms with van der Waals surface area (Å²) in [7, 11) is -6.32. The molecule has 0 aromatic carbocycles. The SMILES string of the molecule is Cc1cn(CCNS(=O)(=O)CCC2CCS(=O)(=O)C2)nn1. The van der Waals surface area contributed by atoms with Crippen molar-refractivity contribution in [3.63, 3.8) is 0 Å². The molecule has 1 aliphatic heterocycles. The molecule has 1 aromatic rings. The number of nitrogens with zero attached hydrogens (tertiary/aromatic N) is 3. The molecule has 2 rings (SSSR count). The average molecular weight is 336 g/mol. The van der Waals surface area contributed by atoms with Crippen molar-refractivity contribution in [2.45, 2.75) is 26.3 Å². The van der Waals surface area contributed by atoms with Crippen LogP contribution in [0.4, 0.5) is 0 Å². The number of hydrogen-bond acceptors (Lipinski definition) is 6. The molecule has 8 nitrogen and oxygen atoms in total. The molecule has 2 heterocycles. The summed E-state index contributed by atoms with van der Waals surface area (Å²) < 4.78 is 50.4. The summed E-state index contributed by atoms with van der Waals surface area (Å²) in [5.41, 5.74) is 0.778. The van der Waals surface area contributed by atoms with E-state index in [4.69, 9.17) is 0 Å². The molecule has 1 aliphatic rings. The minimum atomic E-state index is -3.38. The summed E-state index contributed by atoms with van der Waals surface area (Å²) in [6.45, 7) is 2.47. The Morgan fingerprint density at radius 3 is 2.81 bits per heavy atom. The molecule has 10 heteroatoms. The van der Waals surface area contributed by atoms with Crippen LogP contribution in [0.15, 0.2) is 6.20 Å². The van der Waals surface area contributed by atoms with E-state index in [1.165, 1.54) is 0 Å². The van der Waals surface area contributed by atoms with Gasteiger partial charge in [-0.3, -0.25) is 4.68 Å². The molecule has 21 heavy (non-hydrogen) atoms. The fraction of sp³-hybridized carbons (Fsp3) is 0.818. The van der Waals surface area contributed by atoms with E-state index in [1.54, 1.807) is 10.9 Å². The van der Waals surface area contributed by atoms with Gasteiger partial charge in [0.1, 0.15) is 0 Å². The summed E-state index contributed by atoms with van der Waals surface area (Å²) in [6.07, 6.45) is 2.69. The minimum absolute atomic E-state index is 0.0375. The quantitative estimate of drug-likeness (QED) is 0.707. The molecule has 1 fully saturated rings. The van der Waals surface area contributed by atoms with Gasteiger partial charge in [-0.15, -0.1) is 5.10 Å². The maximum absolute atomic E-state index is 11.8. The lowest BCUT2D eigenvalue weighted by molar-refractivity contribution is 0.533. The highest BCUT2D eigenvalue weighted by atomic mass is 32.2. The molecule has 1 N–H and O–H groups in total. The first-order valence-electron chi connectivity index (χ1n) is 6.80. The standard InChI is InChI=1S/C11H20N4O4S2/c1-10-8-15(14-13-10)5-4-12-21(18,19)7-3-11-2-6-20(16,17)9-11/h8,11-12H,2-7,9H2,1H3. The third-order valence-corrected chi connectivity index (χ3v) is 6.69. The zero-order chi connectivity index (χ0) is 15.5. The lowest BCUT2D eigenvalue weighted by Crippen LogP contribution is -2.30. The maximum atomic E-state index is 11.8. The Balaban J connectivity index is 1.72. The molecule has 120 valence electrons. The lowest BCUT2D eigenvalue weighted by Gasteiger charge is -2.09. The predicted octanol–water partition coefficient (Wildman–Crippen LogP) is -0.669. The second-order valence-electron chi connectivity index (χ2n) is 5.39. The molecule has 0 aliphatic carbocycles. The van der Waals surface area contributed by atoms with Gasteiger partial charge in [0.15, 0.2) is 9.84 Å². The van der Waals surface area contributed by atoms with Gasteiger partial charge in [0.2, 0.25) is 10.0 Å². The number of hydrogen-bond donors (Lipinski definition) is 1. The van der Waals surface area contributed by atoms with Gasteiger partial charge in [-0.1, -0.05) is 5.21 Å². The highest BCUT2D eigenvalue weighted by molar-refractivity contribution is 7.91. The zero-order valence-corrected chi connectivity index (χ0v) is 13.5. The molecule has 0 radical (unpaired) electrons. The molecule has 0 spiro atoms. The lowest BCUT2D eigenvalue weighted by atomic mass is 10.1. The van der Waals surface area contributed by atoms with E-state index in [0.29, 0.717) is 19.4 Å². The number of rotatable bonds is 7. The first kappa shape index (κ1) is 16.4. The van der Waals surface area contributed by atoms with Crippen LogP contribution in [0.5, 0.6) is 0 Å². The van der Waals surface area contributed by atoms with Crippen molar-refractivity contribution >= 4 is 19.9 Å². The largest absolute Gasteiger partial charge is 0.251 e. The van der Waals surface area contributed by atoms with Gasteiger partial charge in [-0.05, 0) is 25.7 Å². The summed E-state index contributed by atoms with van der Waals surface area (Å²) in [5, 5.41) is 7.64. The van der Waals surface area contributed by atoms with Crippen LogP contribution in [0.25, 0.3) is 0 Å². The van der Waals surface area contributed by atoms with Gasteiger partial charge in [-0.25, -0.2) is 21.6 Å². The van der Waals surface area contributed by atoms with Crippen LogP contribution in [-0.2, 0) is 26.4 Å². The molecule has 1 unspecified atom stereocenters. The van der Waals surface area contributed by atoms with Crippen LogP contribution in [0, 0.1) is 12.8 Å². The van der Waals surface area contributed by atoms with Crippen LogP contribution in [0.3, 0.4) is 0 Å². The van der Waals surface area contributed by atoms with Crippen molar-refractivity contribution in [3.8, 4) is 0 Å². The molecule has 0 saturated carbocycles.